The van der Waals surface area contributed by atoms with Crippen molar-refractivity contribution in [3.05, 3.63) is 29.6 Å². The molecule has 1 atom stereocenters. The van der Waals surface area contributed by atoms with Crippen LogP contribution in [0.25, 0.3) is 0 Å². The number of halogens is 1. The van der Waals surface area contributed by atoms with E-state index in [0.29, 0.717) is 13.0 Å². The molecule has 1 aromatic carbocycles. The first-order valence-electron chi connectivity index (χ1n) is 5.03. The predicted molar refractivity (Wildman–Crippen MR) is 57.5 cm³/mol. The molecule has 1 aliphatic heterocycles. The molecule has 8 heteroatoms. The first-order chi connectivity index (χ1) is 8.39. The van der Waals surface area contributed by atoms with E-state index in [1.165, 1.54) is 6.07 Å². The van der Waals surface area contributed by atoms with Crippen LogP contribution in [0.4, 0.5) is 4.39 Å². The van der Waals surface area contributed by atoms with E-state index in [2.05, 4.69) is 0 Å². The van der Waals surface area contributed by atoms with Gasteiger partial charge in [0.05, 0.1) is 12.2 Å². The van der Waals surface area contributed by atoms with Gasteiger partial charge in [-0.05, 0) is 12.1 Å². The lowest BCUT2D eigenvalue weighted by Gasteiger charge is -2.25. The SMILES string of the molecule is NS(=O)(=O)c1c(F)cccc1C(=O)OC1CCO1. The zero-order valence-electron chi connectivity index (χ0n) is 9.13. The molecule has 1 heterocycles. The summed E-state index contributed by atoms with van der Waals surface area (Å²) in [6, 6.07) is 3.22. The molecule has 0 bridgehead atoms. The average molecular weight is 275 g/mol. The van der Waals surface area contributed by atoms with Crippen LogP contribution in [0.5, 0.6) is 0 Å². The van der Waals surface area contributed by atoms with Crippen molar-refractivity contribution in [1.82, 2.24) is 0 Å². The van der Waals surface area contributed by atoms with E-state index in [0.717, 1.165) is 12.1 Å². The Morgan fingerprint density at radius 2 is 2.17 bits per heavy atom. The Morgan fingerprint density at radius 3 is 2.67 bits per heavy atom. The molecule has 1 aliphatic rings. The van der Waals surface area contributed by atoms with Gasteiger partial charge in [-0.3, -0.25) is 0 Å². The fraction of sp³-hybridized carbons (Fsp3) is 0.300. The minimum absolute atomic E-state index is 0.437. The Morgan fingerprint density at radius 1 is 1.50 bits per heavy atom. The molecule has 98 valence electrons. The van der Waals surface area contributed by atoms with Crippen LogP contribution in [-0.4, -0.2) is 27.3 Å². The van der Waals surface area contributed by atoms with Crippen molar-refractivity contribution in [1.29, 1.82) is 0 Å². The number of esters is 1. The number of benzene rings is 1. The maximum atomic E-state index is 13.4. The number of carbonyl (C=O) groups is 1. The summed E-state index contributed by atoms with van der Waals surface area (Å²) in [6.45, 7) is 0.461. The van der Waals surface area contributed by atoms with Crippen LogP contribution < -0.4 is 5.14 Å². The van der Waals surface area contributed by atoms with Crippen LogP contribution in [0.1, 0.15) is 16.8 Å². The molecule has 0 saturated carbocycles. The summed E-state index contributed by atoms with van der Waals surface area (Å²) >= 11 is 0. The lowest BCUT2D eigenvalue weighted by molar-refractivity contribution is -0.184. The van der Waals surface area contributed by atoms with Crippen molar-refractivity contribution in [2.24, 2.45) is 5.14 Å². The molecule has 0 aromatic heterocycles. The van der Waals surface area contributed by atoms with E-state index >= 15 is 0 Å². The van der Waals surface area contributed by atoms with Crippen LogP contribution in [0.15, 0.2) is 23.1 Å². The highest BCUT2D eigenvalue weighted by Crippen LogP contribution is 2.21. The Bertz CT molecular complexity index is 582. The van der Waals surface area contributed by atoms with E-state index in [1.807, 2.05) is 0 Å². The number of nitrogens with two attached hydrogens (primary N) is 1. The molecule has 18 heavy (non-hydrogen) atoms. The van der Waals surface area contributed by atoms with Gasteiger partial charge in [0.2, 0.25) is 16.3 Å². The van der Waals surface area contributed by atoms with Crippen molar-refractivity contribution >= 4 is 16.0 Å². The van der Waals surface area contributed by atoms with Crippen molar-refractivity contribution in [3.8, 4) is 0 Å². The lowest BCUT2D eigenvalue weighted by Crippen LogP contribution is -2.32. The van der Waals surface area contributed by atoms with Crippen LogP contribution in [0.3, 0.4) is 0 Å². The molecule has 0 aliphatic carbocycles. The zero-order chi connectivity index (χ0) is 13.3. The summed E-state index contributed by atoms with van der Waals surface area (Å²) in [4.78, 5) is 10.8. The van der Waals surface area contributed by atoms with Gasteiger partial charge in [0, 0.05) is 6.42 Å². The van der Waals surface area contributed by atoms with Crippen molar-refractivity contribution in [2.75, 3.05) is 6.61 Å². The molecular weight excluding hydrogens is 265 g/mol. The Balaban J connectivity index is 2.37. The second-order valence-electron chi connectivity index (χ2n) is 3.66. The van der Waals surface area contributed by atoms with Gasteiger partial charge in [-0.15, -0.1) is 0 Å². The normalized spacial score (nSPS) is 19.1. The molecule has 1 saturated heterocycles. The molecular formula is C10H10FNO5S. The third-order valence-corrected chi connectivity index (χ3v) is 3.35. The minimum atomic E-state index is -4.35. The van der Waals surface area contributed by atoms with E-state index in [4.69, 9.17) is 14.6 Å². The number of hydrogen-bond acceptors (Lipinski definition) is 5. The third kappa shape index (κ3) is 2.50. The molecule has 1 unspecified atom stereocenters. The van der Waals surface area contributed by atoms with Gasteiger partial charge in [0.1, 0.15) is 10.7 Å². The number of carbonyl (C=O) groups excluding carboxylic acids is 1. The van der Waals surface area contributed by atoms with Crippen LogP contribution in [0.2, 0.25) is 0 Å². The molecule has 1 fully saturated rings. The minimum Gasteiger partial charge on any atom is -0.432 e. The lowest BCUT2D eigenvalue weighted by atomic mass is 10.2. The van der Waals surface area contributed by atoms with Gasteiger partial charge in [-0.1, -0.05) is 6.07 Å². The van der Waals surface area contributed by atoms with Gasteiger partial charge in [-0.25, -0.2) is 22.7 Å². The predicted octanol–water partition coefficient (Wildman–Crippen LogP) is 0.376. The standard InChI is InChI=1S/C10H10FNO5S/c11-7-3-1-2-6(9(7)18(12,14)15)10(13)17-8-4-5-16-8/h1-3,8H,4-5H2,(H2,12,14,15). The third-order valence-electron chi connectivity index (χ3n) is 2.37. The largest absolute Gasteiger partial charge is 0.432 e. The van der Waals surface area contributed by atoms with Crippen molar-refractivity contribution < 1.29 is 27.1 Å². The topological polar surface area (TPSA) is 95.7 Å². The zero-order valence-corrected chi connectivity index (χ0v) is 9.94. The van der Waals surface area contributed by atoms with E-state index in [-0.39, 0.29) is 0 Å². The number of sulfonamides is 1. The Hall–Kier alpha value is -1.51. The van der Waals surface area contributed by atoms with Gasteiger partial charge in [0.15, 0.2) is 0 Å². The van der Waals surface area contributed by atoms with E-state index < -0.39 is 38.6 Å². The van der Waals surface area contributed by atoms with Crippen LogP contribution in [-0.2, 0) is 19.5 Å². The molecule has 1 aromatic rings. The molecule has 0 radical (unpaired) electrons. The highest BCUT2D eigenvalue weighted by atomic mass is 32.2. The Labute approximate surface area is 103 Å². The highest BCUT2D eigenvalue weighted by molar-refractivity contribution is 7.89. The fourth-order valence-electron chi connectivity index (χ4n) is 1.45. The van der Waals surface area contributed by atoms with Crippen molar-refractivity contribution in [3.63, 3.8) is 0 Å². The van der Waals surface area contributed by atoms with Gasteiger partial charge in [-0.2, -0.15) is 0 Å². The van der Waals surface area contributed by atoms with Gasteiger partial charge < -0.3 is 9.47 Å². The van der Waals surface area contributed by atoms with E-state index in [1.54, 1.807) is 0 Å². The van der Waals surface area contributed by atoms with Gasteiger partial charge in [0.25, 0.3) is 0 Å². The summed E-state index contributed by atoms with van der Waals surface area (Å²) in [5, 5.41) is 4.87. The molecule has 6 nitrogen and oxygen atoms in total. The number of primary sulfonamides is 1. The smallest absolute Gasteiger partial charge is 0.341 e. The summed E-state index contributed by atoms with van der Waals surface area (Å²) < 4.78 is 45.6. The Kier molecular flexibility index (Phi) is 3.33. The summed E-state index contributed by atoms with van der Waals surface area (Å²) in [5.74, 6) is -2.08. The molecule has 2 N–H and O–H groups in total. The number of ether oxygens (including phenoxy) is 2. The van der Waals surface area contributed by atoms with Gasteiger partial charge >= 0.3 is 5.97 Å². The molecule has 2 rings (SSSR count). The second-order valence-corrected chi connectivity index (χ2v) is 5.15. The average Bonchev–Trinajstić information content (AvgIpc) is 2.21. The first kappa shape index (κ1) is 12.9. The maximum absolute atomic E-state index is 13.4. The molecule has 0 amide bonds. The summed E-state index contributed by atoms with van der Waals surface area (Å²) in [5.41, 5.74) is -0.437. The first-order valence-corrected chi connectivity index (χ1v) is 6.58. The number of hydrogen-bond donors (Lipinski definition) is 1. The summed E-state index contributed by atoms with van der Waals surface area (Å²) in [6.07, 6.45) is -0.194. The highest BCUT2D eigenvalue weighted by Gasteiger charge is 2.28. The molecule has 0 spiro atoms. The quantitative estimate of drug-likeness (QED) is 0.804. The number of rotatable bonds is 3. The fourth-order valence-corrected chi connectivity index (χ4v) is 2.25. The monoisotopic (exact) mass is 275 g/mol. The van der Waals surface area contributed by atoms with E-state index in [9.17, 15) is 17.6 Å². The second kappa shape index (κ2) is 4.63. The van der Waals surface area contributed by atoms with Crippen molar-refractivity contribution in [2.45, 2.75) is 17.6 Å². The maximum Gasteiger partial charge on any atom is 0.341 e. The van der Waals surface area contributed by atoms with Crippen LogP contribution in [0, 0.1) is 5.82 Å². The summed E-state index contributed by atoms with van der Waals surface area (Å²) in [7, 11) is -4.35. The van der Waals surface area contributed by atoms with Crippen LogP contribution >= 0.6 is 0 Å².